The van der Waals surface area contributed by atoms with Crippen molar-refractivity contribution in [2.24, 2.45) is 4.99 Å². The average molecular weight is 210 g/mol. The van der Waals surface area contributed by atoms with Crippen LogP contribution in [-0.2, 0) is 0 Å². The lowest BCUT2D eigenvalue weighted by Gasteiger charge is -2.37. The van der Waals surface area contributed by atoms with E-state index in [1.54, 1.807) is 0 Å². The summed E-state index contributed by atoms with van der Waals surface area (Å²) in [6, 6.07) is 0. The molecule has 0 radical (unpaired) electrons. The van der Waals surface area contributed by atoms with Crippen molar-refractivity contribution < 1.29 is 0 Å². The van der Waals surface area contributed by atoms with Gasteiger partial charge in [0.25, 0.3) is 0 Å². The smallest absolute Gasteiger partial charge is 0.0559 e. The Labute approximate surface area is 95.1 Å². The van der Waals surface area contributed by atoms with E-state index in [-0.39, 0.29) is 5.54 Å². The third kappa shape index (κ3) is 4.06. The first-order valence-electron chi connectivity index (χ1n) is 5.65. The summed E-state index contributed by atoms with van der Waals surface area (Å²) < 4.78 is 0. The predicted octanol–water partition coefficient (Wildman–Crippen LogP) is 3.84. The predicted molar refractivity (Wildman–Crippen MR) is 69.3 cm³/mol. The molecule has 0 N–H and O–H groups in total. The molecule has 0 aliphatic heterocycles. The van der Waals surface area contributed by atoms with Crippen LogP contribution in [0.2, 0.25) is 0 Å². The fourth-order valence-electron chi connectivity index (χ4n) is 1.35. The van der Waals surface area contributed by atoms with Gasteiger partial charge in [0.05, 0.1) is 5.70 Å². The lowest BCUT2D eigenvalue weighted by atomic mass is 9.99. The van der Waals surface area contributed by atoms with Crippen molar-refractivity contribution in [3.63, 3.8) is 0 Å². The largest absolute Gasteiger partial charge is 0.372 e. The summed E-state index contributed by atoms with van der Waals surface area (Å²) in [5, 5.41) is 0. The van der Waals surface area contributed by atoms with Crippen LogP contribution in [0.3, 0.4) is 0 Å². The molecule has 88 valence electrons. The Balaban J connectivity index is 5.00. The Kier molecular flexibility index (Phi) is 5.06. The highest BCUT2D eigenvalue weighted by atomic mass is 15.2. The van der Waals surface area contributed by atoms with E-state index >= 15 is 0 Å². The normalized spacial score (nSPS) is 13.3. The molecule has 0 heterocycles. The number of aliphatic imine (C=N–C) groups is 1. The van der Waals surface area contributed by atoms with Gasteiger partial charge in [-0.3, -0.25) is 4.99 Å². The second-order valence-electron chi connectivity index (χ2n) is 4.95. The summed E-state index contributed by atoms with van der Waals surface area (Å²) in [4.78, 5) is 6.82. The molecule has 0 aromatic rings. The van der Waals surface area contributed by atoms with Gasteiger partial charge in [-0.25, -0.2) is 0 Å². The average Bonchev–Trinajstić information content (AvgIpc) is 2.14. The van der Waals surface area contributed by atoms with Crippen LogP contribution in [0.25, 0.3) is 0 Å². The molecule has 0 amide bonds. The Morgan fingerprint density at radius 3 is 1.93 bits per heavy atom. The van der Waals surface area contributed by atoms with Crippen LogP contribution >= 0.6 is 0 Å². The lowest BCUT2D eigenvalue weighted by Crippen LogP contribution is -2.39. The van der Waals surface area contributed by atoms with E-state index in [0.29, 0.717) is 0 Å². The second-order valence-corrected chi connectivity index (χ2v) is 4.95. The SMILES string of the molecule is CCC(C)(C)N(C)/C(C)=C(/C)N=C(C)C. The van der Waals surface area contributed by atoms with Gasteiger partial charge in [0.2, 0.25) is 0 Å². The number of allylic oxidation sites excluding steroid dienone is 2. The molecule has 0 aromatic heterocycles. The van der Waals surface area contributed by atoms with Crippen molar-refractivity contribution in [1.29, 1.82) is 0 Å². The maximum Gasteiger partial charge on any atom is 0.0559 e. The maximum absolute atomic E-state index is 4.50. The summed E-state index contributed by atoms with van der Waals surface area (Å²) in [5.74, 6) is 0. The molecule has 0 aliphatic carbocycles. The molecule has 0 aliphatic rings. The monoisotopic (exact) mass is 210 g/mol. The highest BCUT2D eigenvalue weighted by molar-refractivity contribution is 5.80. The molecule has 0 atom stereocenters. The van der Waals surface area contributed by atoms with Crippen LogP contribution in [0.4, 0.5) is 0 Å². The van der Waals surface area contributed by atoms with E-state index in [4.69, 9.17) is 0 Å². The maximum atomic E-state index is 4.50. The minimum absolute atomic E-state index is 0.197. The summed E-state index contributed by atoms with van der Waals surface area (Å²) in [7, 11) is 2.14. The molecule has 0 unspecified atom stereocenters. The quantitative estimate of drug-likeness (QED) is 0.644. The van der Waals surface area contributed by atoms with Gasteiger partial charge in [-0.1, -0.05) is 6.92 Å². The molecule has 0 saturated heterocycles. The molecule has 0 aromatic carbocycles. The second kappa shape index (κ2) is 5.34. The molecule has 0 spiro atoms. The standard InChI is InChI=1S/C13H26N2/c1-9-13(6,7)15(8)12(5)11(4)14-10(2)3/h9H2,1-8H3/b12-11-. The van der Waals surface area contributed by atoms with Gasteiger partial charge in [0.15, 0.2) is 0 Å². The Hall–Kier alpha value is -0.790. The molecule has 0 saturated carbocycles. The first-order chi connectivity index (χ1) is 6.72. The molecular weight excluding hydrogens is 184 g/mol. The van der Waals surface area contributed by atoms with Crippen LogP contribution in [0, 0.1) is 0 Å². The van der Waals surface area contributed by atoms with Crippen LogP contribution in [-0.4, -0.2) is 23.2 Å². The highest BCUT2D eigenvalue weighted by Crippen LogP contribution is 2.23. The van der Waals surface area contributed by atoms with E-state index in [0.717, 1.165) is 17.8 Å². The van der Waals surface area contributed by atoms with Gasteiger partial charge < -0.3 is 4.90 Å². The first-order valence-corrected chi connectivity index (χ1v) is 5.65. The van der Waals surface area contributed by atoms with E-state index in [1.165, 1.54) is 5.70 Å². The third-order valence-electron chi connectivity index (χ3n) is 3.19. The summed E-state index contributed by atoms with van der Waals surface area (Å²) in [5.41, 5.74) is 3.67. The molecule has 0 bridgehead atoms. The zero-order chi connectivity index (χ0) is 12.2. The van der Waals surface area contributed by atoms with Gasteiger partial charge in [-0.2, -0.15) is 0 Å². The highest BCUT2D eigenvalue weighted by Gasteiger charge is 2.21. The van der Waals surface area contributed by atoms with Crippen LogP contribution in [0.15, 0.2) is 16.4 Å². The molecule has 0 rings (SSSR count). The molecule has 2 nitrogen and oxygen atoms in total. The Morgan fingerprint density at radius 2 is 1.60 bits per heavy atom. The number of hydrogen-bond acceptors (Lipinski definition) is 2. The number of hydrogen-bond donors (Lipinski definition) is 0. The summed E-state index contributed by atoms with van der Waals surface area (Å²) in [6.07, 6.45) is 1.13. The van der Waals surface area contributed by atoms with Crippen molar-refractivity contribution in [2.45, 2.75) is 60.4 Å². The Morgan fingerprint density at radius 1 is 1.13 bits per heavy atom. The van der Waals surface area contributed by atoms with Crippen molar-refractivity contribution in [3.05, 3.63) is 11.4 Å². The van der Waals surface area contributed by atoms with Crippen molar-refractivity contribution in [2.75, 3.05) is 7.05 Å². The summed E-state index contributed by atoms with van der Waals surface area (Å²) >= 11 is 0. The van der Waals surface area contributed by atoms with Crippen LogP contribution < -0.4 is 0 Å². The number of nitrogens with zero attached hydrogens (tertiary/aromatic N) is 2. The van der Waals surface area contributed by atoms with E-state index < -0.39 is 0 Å². The number of rotatable bonds is 4. The van der Waals surface area contributed by atoms with E-state index in [2.05, 4.69) is 51.6 Å². The van der Waals surface area contributed by atoms with Gasteiger partial charge in [-0.05, 0) is 48.0 Å². The van der Waals surface area contributed by atoms with E-state index in [9.17, 15) is 0 Å². The minimum atomic E-state index is 0.197. The van der Waals surface area contributed by atoms with Crippen LogP contribution in [0.1, 0.15) is 54.9 Å². The van der Waals surface area contributed by atoms with Gasteiger partial charge in [0, 0.05) is 24.0 Å². The first kappa shape index (κ1) is 14.2. The zero-order valence-corrected chi connectivity index (χ0v) is 11.6. The molecular formula is C13H26N2. The summed E-state index contributed by atoms with van der Waals surface area (Å²) in [6.45, 7) is 15.0. The fourth-order valence-corrected chi connectivity index (χ4v) is 1.35. The third-order valence-corrected chi connectivity index (χ3v) is 3.19. The van der Waals surface area contributed by atoms with Gasteiger partial charge in [0.1, 0.15) is 0 Å². The Bertz CT molecular complexity index is 268. The van der Waals surface area contributed by atoms with Crippen molar-refractivity contribution >= 4 is 5.71 Å². The lowest BCUT2D eigenvalue weighted by molar-refractivity contribution is 0.196. The van der Waals surface area contributed by atoms with E-state index in [1.807, 2.05) is 13.8 Å². The van der Waals surface area contributed by atoms with Crippen LogP contribution in [0.5, 0.6) is 0 Å². The van der Waals surface area contributed by atoms with Gasteiger partial charge in [-0.15, -0.1) is 0 Å². The minimum Gasteiger partial charge on any atom is -0.372 e. The van der Waals surface area contributed by atoms with Crippen molar-refractivity contribution in [1.82, 2.24) is 4.90 Å². The zero-order valence-electron chi connectivity index (χ0n) is 11.6. The topological polar surface area (TPSA) is 15.6 Å². The fraction of sp³-hybridized carbons (Fsp3) is 0.769. The molecule has 0 fully saturated rings. The molecule has 2 heteroatoms. The molecule has 15 heavy (non-hydrogen) atoms. The van der Waals surface area contributed by atoms with Crippen molar-refractivity contribution in [3.8, 4) is 0 Å². The van der Waals surface area contributed by atoms with Gasteiger partial charge >= 0.3 is 0 Å².